The van der Waals surface area contributed by atoms with Gasteiger partial charge in [0, 0.05) is 11.4 Å². The van der Waals surface area contributed by atoms with Gasteiger partial charge < -0.3 is 10.4 Å². The van der Waals surface area contributed by atoms with E-state index in [9.17, 15) is 9.90 Å². The Morgan fingerprint density at radius 3 is 2.68 bits per heavy atom. The van der Waals surface area contributed by atoms with Crippen molar-refractivity contribution in [3.05, 3.63) is 41.7 Å². The first-order chi connectivity index (χ1) is 8.97. The first-order valence-corrected chi connectivity index (χ1v) is 6.10. The molecule has 0 saturated carbocycles. The molecule has 2 aromatic rings. The molecule has 0 fully saturated rings. The molecular formula is C14H17N3O2. The summed E-state index contributed by atoms with van der Waals surface area (Å²) in [6.07, 6.45) is -1.03. The van der Waals surface area contributed by atoms with Crippen LogP contribution in [0.4, 0.5) is 5.69 Å². The number of benzene rings is 1. The lowest BCUT2D eigenvalue weighted by Gasteiger charge is -2.09. The highest BCUT2D eigenvalue weighted by molar-refractivity contribution is 5.93. The molecule has 0 spiro atoms. The molecule has 1 aromatic heterocycles. The van der Waals surface area contributed by atoms with Gasteiger partial charge in [0.2, 0.25) is 0 Å². The summed E-state index contributed by atoms with van der Waals surface area (Å²) in [5.41, 5.74) is 3.47. The summed E-state index contributed by atoms with van der Waals surface area (Å²) in [4.78, 5) is 11.4. The molecule has 2 rings (SSSR count). The lowest BCUT2D eigenvalue weighted by atomic mass is 10.2. The van der Waals surface area contributed by atoms with Crippen molar-refractivity contribution in [2.75, 3.05) is 5.32 Å². The number of rotatable bonds is 3. The van der Waals surface area contributed by atoms with Crippen LogP contribution in [0.15, 0.2) is 30.3 Å². The number of aliphatic hydroxyl groups is 1. The van der Waals surface area contributed by atoms with Gasteiger partial charge in [0.25, 0.3) is 5.91 Å². The van der Waals surface area contributed by atoms with Crippen molar-refractivity contribution >= 4 is 11.6 Å². The fourth-order valence-electron chi connectivity index (χ4n) is 1.85. The lowest BCUT2D eigenvalue weighted by molar-refractivity contribution is -0.123. The Balaban J connectivity index is 2.29. The van der Waals surface area contributed by atoms with Gasteiger partial charge in [0.1, 0.15) is 6.10 Å². The number of hydrogen-bond donors (Lipinski definition) is 2. The maximum atomic E-state index is 11.4. The molecule has 0 aliphatic heterocycles. The third-order valence-electron chi connectivity index (χ3n) is 2.75. The molecule has 19 heavy (non-hydrogen) atoms. The third-order valence-corrected chi connectivity index (χ3v) is 2.75. The molecule has 1 heterocycles. The maximum Gasteiger partial charge on any atom is 0.252 e. The maximum absolute atomic E-state index is 11.4. The minimum atomic E-state index is -1.03. The van der Waals surface area contributed by atoms with Crippen molar-refractivity contribution in [2.24, 2.45) is 0 Å². The van der Waals surface area contributed by atoms with Gasteiger partial charge in [-0.05, 0) is 45.0 Å². The first kappa shape index (κ1) is 13.3. The molecule has 5 nitrogen and oxygen atoms in total. The van der Waals surface area contributed by atoms with Crippen molar-refractivity contribution in [3.8, 4) is 5.69 Å². The Kier molecular flexibility index (Phi) is 3.66. The standard InChI is InChI=1S/C14H17N3O2/c1-9-7-10(2)17(16-9)13-6-4-5-12(8-13)15-14(19)11(3)18/h4-8,11,18H,1-3H3,(H,15,19). The molecule has 0 saturated heterocycles. The second kappa shape index (κ2) is 5.24. The highest BCUT2D eigenvalue weighted by atomic mass is 16.3. The number of amides is 1. The highest BCUT2D eigenvalue weighted by Gasteiger charge is 2.10. The molecule has 2 N–H and O–H groups in total. The van der Waals surface area contributed by atoms with E-state index in [1.54, 1.807) is 6.07 Å². The quantitative estimate of drug-likeness (QED) is 0.883. The molecule has 0 aliphatic carbocycles. The Labute approximate surface area is 111 Å². The van der Waals surface area contributed by atoms with Crippen molar-refractivity contribution in [2.45, 2.75) is 26.9 Å². The molecule has 0 radical (unpaired) electrons. The first-order valence-electron chi connectivity index (χ1n) is 6.10. The van der Waals surface area contributed by atoms with Crippen LogP contribution in [0.2, 0.25) is 0 Å². The summed E-state index contributed by atoms with van der Waals surface area (Å²) in [5, 5.41) is 16.2. The SMILES string of the molecule is Cc1cc(C)n(-c2cccc(NC(=O)C(C)O)c2)n1. The van der Waals surface area contributed by atoms with E-state index >= 15 is 0 Å². The Bertz CT molecular complexity index is 602. The van der Waals surface area contributed by atoms with Crippen LogP contribution in [0.1, 0.15) is 18.3 Å². The molecule has 5 heteroatoms. The van der Waals surface area contributed by atoms with Gasteiger partial charge in [-0.25, -0.2) is 4.68 Å². The topological polar surface area (TPSA) is 67.2 Å². The minimum Gasteiger partial charge on any atom is -0.384 e. The summed E-state index contributed by atoms with van der Waals surface area (Å²) >= 11 is 0. The number of nitrogens with one attached hydrogen (secondary N) is 1. The van der Waals surface area contributed by atoms with Crippen LogP contribution in [-0.4, -0.2) is 26.9 Å². The van der Waals surface area contributed by atoms with E-state index < -0.39 is 12.0 Å². The Morgan fingerprint density at radius 1 is 1.37 bits per heavy atom. The van der Waals surface area contributed by atoms with Crippen LogP contribution in [0.3, 0.4) is 0 Å². The lowest BCUT2D eigenvalue weighted by Crippen LogP contribution is -2.24. The number of nitrogens with zero attached hydrogens (tertiary/aromatic N) is 2. The summed E-state index contributed by atoms with van der Waals surface area (Å²) in [5.74, 6) is -0.425. The zero-order valence-electron chi connectivity index (χ0n) is 11.2. The van der Waals surface area contributed by atoms with E-state index in [1.165, 1.54) is 6.92 Å². The van der Waals surface area contributed by atoms with Crippen molar-refractivity contribution < 1.29 is 9.90 Å². The van der Waals surface area contributed by atoms with E-state index in [4.69, 9.17) is 0 Å². The second-order valence-electron chi connectivity index (χ2n) is 4.55. The normalized spacial score (nSPS) is 12.2. The molecule has 1 atom stereocenters. The molecule has 1 amide bonds. The summed E-state index contributed by atoms with van der Waals surface area (Å²) in [7, 11) is 0. The van der Waals surface area contributed by atoms with E-state index in [0.717, 1.165) is 17.1 Å². The van der Waals surface area contributed by atoms with Gasteiger partial charge in [-0.2, -0.15) is 5.10 Å². The number of aryl methyl sites for hydroxylation is 2. The van der Waals surface area contributed by atoms with Gasteiger partial charge in [-0.3, -0.25) is 4.79 Å². The molecule has 1 unspecified atom stereocenters. The Hall–Kier alpha value is -2.14. The fourth-order valence-corrected chi connectivity index (χ4v) is 1.85. The largest absolute Gasteiger partial charge is 0.384 e. The molecule has 1 aromatic carbocycles. The molecular weight excluding hydrogens is 242 g/mol. The van der Waals surface area contributed by atoms with Crippen LogP contribution in [-0.2, 0) is 4.79 Å². The van der Waals surface area contributed by atoms with Gasteiger partial charge in [0.05, 0.1) is 11.4 Å². The van der Waals surface area contributed by atoms with E-state index in [-0.39, 0.29) is 0 Å². The average molecular weight is 259 g/mol. The molecule has 0 aliphatic rings. The number of aliphatic hydroxyl groups excluding tert-OH is 1. The number of carbonyl (C=O) groups excluding carboxylic acids is 1. The van der Waals surface area contributed by atoms with E-state index in [1.807, 2.05) is 42.8 Å². The van der Waals surface area contributed by atoms with Gasteiger partial charge >= 0.3 is 0 Å². The van der Waals surface area contributed by atoms with Gasteiger partial charge in [-0.1, -0.05) is 6.07 Å². The van der Waals surface area contributed by atoms with Gasteiger partial charge in [-0.15, -0.1) is 0 Å². The van der Waals surface area contributed by atoms with Crippen LogP contribution < -0.4 is 5.32 Å². The van der Waals surface area contributed by atoms with Crippen LogP contribution >= 0.6 is 0 Å². The zero-order valence-corrected chi connectivity index (χ0v) is 11.2. The molecule has 100 valence electrons. The predicted molar refractivity (Wildman–Crippen MR) is 73.3 cm³/mol. The summed E-state index contributed by atoms with van der Waals surface area (Å²) < 4.78 is 1.81. The average Bonchev–Trinajstić information content (AvgIpc) is 2.68. The summed E-state index contributed by atoms with van der Waals surface area (Å²) in [6, 6.07) is 9.33. The Morgan fingerprint density at radius 2 is 2.11 bits per heavy atom. The number of carbonyl (C=O) groups is 1. The fraction of sp³-hybridized carbons (Fsp3) is 0.286. The van der Waals surface area contributed by atoms with Crippen LogP contribution in [0.5, 0.6) is 0 Å². The van der Waals surface area contributed by atoms with E-state index in [0.29, 0.717) is 5.69 Å². The van der Waals surface area contributed by atoms with E-state index in [2.05, 4.69) is 10.4 Å². The zero-order chi connectivity index (χ0) is 14.0. The van der Waals surface area contributed by atoms with Crippen LogP contribution in [0.25, 0.3) is 5.69 Å². The van der Waals surface area contributed by atoms with Crippen LogP contribution in [0, 0.1) is 13.8 Å². The summed E-state index contributed by atoms with van der Waals surface area (Å²) in [6.45, 7) is 5.34. The molecule has 0 bridgehead atoms. The number of hydrogen-bond acceptors (Lipinski definition) is 3. The number of anilines is 1. The number of aromatic nitrogens is 2. The second-order valence-corrected chi connectivity index (χ2v) is 4.55. The van der Waals surface area contributed by atoms with Gasteiger partial charge in [0.15, 0.2) is 0 Å². The predicted octanol–water partition coefficient (Wildman–Crippen LogP) is 1.81. The smallest absolute Gasteiger partial charge is 0.252 e. The third kappa shape index (κ3) is 3.00. The van der Waals surface area contributed by atoms with Crippen molar-refractivity contribution in [1.82, 2.24) is 9.78 Å². The minimum absolute atomic E-state index is 0.425. The monoisotopic (exact) mass is 259 g/mol. The highest BCUT2D eigenvalue weighted by Crippen LogP contribution is 2.16. The van der Waals surface area contributed by atoms with Crippen molar-refractivity contribution in [3.63, 3.8) is 0 Å². The van der Waals surface area contributed by atoms with Crippen molar-refractivity contribution in [1.29, 1.82) is 0 Å².